The number of benzene rings is 1. The van der Waals surface area contributed by atoms with Crippen molar-refractivity contribution in [3.63, 3.8) is 0 Å². The van der Waals surface area contributed by atoms with E-state index >= 15 is 0 Å². The number of ether oxygens (including phenoxy) is 1. The lowest BCUT2D eigenvalue weighted by molar-refractivity contribution is -0.160. The summed E-state index contributed by atoms with van der Waals surface area (Å²) in [6.45, 7) is 5.64. The second-order valence-corrected chi connectivity index (χ2v) is 5.95. The van der Waals surface area contributed by atoms with E-state index in [0.717, 1.165) is 5.69 Å². The standard InChI is InChI=1S/C15H20N2O3/c1-15(2,3)20-14(19)11-9-17(13(18)12(11)16)10-7-5-4-6-8-10/h4-8,11-12H,9,16H2,1-3H3. The smallest absolute Gasteiger partial charge is 0.313 e. The average molecular weight is 276 g/mol. The molecule has 0 bridgehead atoms. The highest BCUT2D eigenvalue weighted by atomic mass is 16.6. The Balaban J connectivity index is 2.15. The molecule has 1 aliphatic heterocycles. The molecule has 1 saturated heterocycles. The van der Waals surface area contributed by atoms with Crippen LogP contribution in [0.4, 0.5) is 5.69 Å². The lowest BCUT2D eigenvalue weighted by atomic mass is 10.0. The average Bonchev–Trinajstić information content (AvgIpc) is 2.66. The van der Waals surface area contributed by atoms with Gasteiger partial charge in [0, 0.05) is 12.2 Å². The summed E-state index contributed by atoms with van der Waals surface area (Å²) in [6, 6.07) is 8.36. The molecular weight excluding hydrogens is 256 g/mol. The van der Waals surface area contributed by atoms with Crippen LogP contribution in [0.2, 0.25) is 0 Å². The maximum Gasteiger partial charge on any atom is 0.313 e. The van der Waals surface area contributed by atoms with Gasteiger partial charge in [0.15, 0.2) is 0 Å². The maximum atomic E-state index is 12.2. The number of rotatable bonds is 2. The quantitative estimate of drug-likeness (QED) is 0.827. The van der Waals surface area contributed by atoms with Crippen LogP contribution in [0.5, 0.6) is 0 Å². The van der Waals surface area contributed by atoms with E-state index in [9.17, 15) is 9.59 Å². The molecule has 2 atom stereocenters. The summed E-state index contributed by atoms with van der Waals surface area (Å²) in [6.07, 6.45) is 0. The molecule has 1 amide bonds. The zero-order valence-corrected chi connectivity index (χ0v) is 12.0. The molecule has 0 radical (unpaired) electrons. The van der Waals surface area contributed by atoms with E-state index < -0.39 is 23.5 Å². The number of nitrogens with two attached hydrogens (primary N) is 1. The maximum absolute atomic E-state index is 12.2. The third-order valence-corrected chi connectivity index (χ3v) is 3.14. The molecular formula is C15H20N2O3. The summed E-state index contributed by atoms with van der Waals surface area (Å²) < 4.78 is 5.33. The first-order valence-corrected chi connectivity index (χ1v) is 6.64. The van der Waals surface area contributed by atoms with Gasteiger partial charge in [-0.25, -0.2) is 0 Å². The first kappa shape index (κ1) is 14.5. The van der Waals surface area contributed by atoms with E-state index in [0.29, 0.717) is 0 Å². The van der Waals surface area contributed by atoms with Gasteiger partial charge in [-0.3, -0.25) is 9.59 Å². The van der Waals surface area contributed by atoms with Crippen molar-refractivity contribution in [2.45, 2.75) is 32.4 Å². The van der Waals surface area contributed by atoms with Gasteiger partial charge in [0.2, 0.25) is 5.91 Å². The lowest BCUT2D eigenvalue weighted by Gasteiger charge is -2.22. The summed E-state index contributed by atoms with van der Waals surface area (Å²) in [5.41, 5.74) is 6.04. The van der Waals surface area contributed by atoms with Gasteiger partial charge in [-0.05, 0) is 32.9 Å². The number of hydrogen-bond donors (Lipinski definition) is 1. The van der Waals surface area contributed by atoms with E-state index in [1.165, 1.54) is 0 Å². The van der Waals surface area contributed by atoms with Crippen molar-refractivity contribution in [2.75, 3.05) is 11.4 Å². The number of hydrogen-bond acceptors (Lipinski definition) is 4. The van der Waals surface area contributed by atoms with Gasteiger partial charge in [0.25, 0.3) is 0 Å². The van der Waals surface area contributed by atoms with Gasteiger partial charge >= 0.3 is 5.97 Å². The molecule has 0 aromatic heterocycles. The molecule has 1 aromatic carbocycles. The molecule has 0 saturated carbocycles. The SMILES string of the molecule is CC(C)(C)OC(=O)C1CN(c2ccccc2)C(=O)C1N. The van der Waals surface area contributed by atoms with Crippen molar-refractivity contribution >= 4 is 17.6 Å². The molecule has 5 heteroatoms. The van der Waals surface area contributed by atoms with Gasteiger partial charge in [-0.1, -0.05) is 18.2 Å². The molecule has 20 heavy (non-hydrogen) atoms. The van der Waals surface area contributed by atoms with Crippen LogP contribution in [0.25, 0.3) is 0 Å². The molecule has 1 fully saturated rings. The molecule has 1 heterocycles. The molecule has 2 rings (SSSR count). The molecule has 0 spiro atoms. The molecule has 2 N–H and O–H groups in total. The number of amides is 1. The fourth-order valence-corrected chi connectivity index (χ4v) is 2.19. The van der Waals surface area contributed by atoms with Gasteiger partial charge in [-0.15, -0.1) is 0 Å². The van der Waals surface area contributed by atoms with Gasteiger partial charge in [-0.2, -0.15) is 0 Å². The van der Waals surface area contributed by atoms with E-state index in [4.69, 9.17) is 10.5 Å². The first-order chi connectivity index (χ1) is 9.29. The minimum Gasteiger partial charge on any atom is -0.460 e. The third-order valence-electron chi connectivity index (χ3n) is 3.14. The van der Waals surface area contributed by atoms with Gasteiger partial charge in [0.05, 0.1) is 12.0 Å². The summed E-state index contributed by atoms with van der Waals surface area (Å²) in [4.78, 5) is 25.8. The summed E-state index contributed by atoms with van der Waals surface area (Å²) in [7, 11) is 0. The second-order valence-electron chi connectivity index (χ2n) is 5.95. The summed E-state index contributed by atoms with van der Waals surface area (Å²) in [5, 5.41) is 0. The normalized spacial score (nSPS) is 23.0. The highest BCUT2D eigenvalue weighted by Gasteiger charge is 2.44. The van der Waals surface area contributed by atoms with Crippen molar-refractivity contribution in [2.24, 2.45) is 11.7 Å². The van der Waals surface area contributed by atoms with Crippen molar-refractivity contribution in [3.8, 4) is 0 Å². The minimum absolute atomic E-state index is 0.243. The minimum atomic E-state index is -0.843. The molecule has 2 unspecified atom stereocenters. The van der Waals surface area contributed by atoms with Crippen LogP contribution in [0.1, 0.15) is 20.8 Å². The Morgan fingerprint density at radius 1 is 1.30 bits per heavy atom. The fraction of sp³-hybridized carbons (Fsp3) is 0.467. The molecule has 108 valence electrons. The Morgan fingerprint density at radius 2 is 1.90 bits per heavy atom. The van der Waals surface area contributed by atoms with Crippen LogP contribution in [0.3, 0.4) is 0 Å². The number of para-hydroxylation sites is 1. The molecule has 0 aliphatic carbocycles. The van der Waals surface area contributed by atoms with Crippen LogP contribution in [0, 0.1) is 5.92 Å². The monoisotopic (exact) mass is 276 g/mol. The zero-order valence-electron chi connectivity index (χ0n) is 12.0. The van der Waals surface area contributed by atoms with Crippen LogP contribution >= 0.6 is 0 Å². The highest BCUT2D eigenvalue weighted by molar-refractivity contribution is 6.03. The Labute approximate surface area is 118 Å². The predicted octanol–water partition coefficient (Wildman–Crippen LogP) is 1.32. The Hall–Kier alpha value is -1.88. The van der Waals surface area contributed by atoms with Crippen molar-refractivity contribution < 1.29 is 14.3 Å². The van der Waals surface area contributed by atoms with E-state index in [1.54, 1.807) is 25.7 Å². The van der Waals surface area contributed by atoms with Crippen molar-refractivity contribution in [1.82, 2.24) is 0 Å². The highest BCUT2D eigenvalue weighted by Crippen LogP contribution is 2.26. The second kappa shape index (κ2) is 5.25. The zero-order chi connectivity index (χ0) is 14.9. The fourth-order valence-electron chi connectivity index (χ4n) is 2.19. The van der Waals surface area contributed by atoms with Crippen molar-refractivity contribution in [1.29, 1.82) is 0 Å². The number of carbonyl (C=O) groups is 2. The molecule has 1 aromatic rings. The number of esters is 1. The Kier molecular flexibility index (Phi) is 3.81. The number of anilines is 1. The van der Waals surface area contributed by atoms with E-state index in [2.05, 4.69) is 0 Å². The van der Waals surface area contributed by atoms with E-state index in [1.807, 2.05) is 30.3 Å². The molecule has 1 aliphatic rings. The number of nitrogens with zero attached hydrogens (tertiary/aromatic N) is 1. The predicted molar refractivity (Wildman–Crippen MR) is 76.1 cm³/mol. The topological polar surface area (TPSA) is 72.6 Å². The van der Waals surface area contributed by atoms with E-state index in [-0.39, 0.29) is 12.5 Å². The molecule has 5 nitrogen and oxygen atoms in total. The third kappa shape index (κ3) is 2.99. The number of carbonyl (C=O) groups excluding carboxylic acids is 2. The van der Waals surface area contributed by atoms with Gasteiger partial charge < -0.3 is 15.4 Å². The van der Waals surface area contributed by atoms with Crippen LogP contribution in [-0.4, -0.2) is 30.1 Å². The van der Waals surface area contributed by atoms with Crippen LogP contribution < -0.4 is 10.6 Å². The van der Waals surface area contributed by atoms with Gasteiger partial charge in [0.1, 0.15) is 5.60 Å². The lowest BCUT2D eigenvalue weighted by Crippen LogP contribution is -2.40. The largest absolute Gasteiger partial charge is 0.460 e. The Morgan fingerprint density at radius 3 is 2.45 bits per heavy atom. The summed E-state index contributed by atoms with van der Waals surface area (Å²) >= 11 is 0. The Bertz CT molecular complexity index is 508. The summed E-state index contributed by atoms with van der Waals surface area (Å²) in [5.74, 6) is -1.29. The van der Waals surface area contributed by atoms with Crippen LogP contribution in [-0.2, 0) is 14.3 Å². The van der Waals surface area contributed by atoms with Crippen LogP contribution in [0.15, 0.2) is 30.3 Å². The first-order valence-electron chi connectivity index (χ1n) is 6.64. The van der Waals surface area contributed by atoms with Crippen molar-refractivity contribution in [3.05, 3.63) is 30.3 Å².